The highest BCUT2D eigenvalue weighted by atomic mass is 32.2. The minimum atomic E-state index is -0.596. The first-order valence-electron chi connectivity index (χ1n) is 5.65. The van der Waals surface area contributed by atoms with Gasteiger partial charge in [-0.3, -0.25) is 4.21 Å². The van der Waals surface area contributed by atoms with Gasteiger partial charge in [-0.15, -0.1) is 0 Å². The first-order valence-corrected chi connectivity index (χ1v) is 7.14. The predicted octanol–water partition coefficient (Wildman–Crippen LogP) is 0.848. The van der Waals surface area contributed by atoms with Crippen molar-refractivity contribution in [1.82, 2.24) is 4.90 Å². The number of aliphatic hydroxyl groups is 1. The first kappa shape index (κ1) is 13.1. The lowest BCUT2D eigenvalue weighted by molar-refractivity contribution is 0.0465. The van der Waals surface area contributed by atoms with E-state index >= 15 is 0 Å². The highest BCUT2D eigenvalue weighted by Crippen LogP contribution is 2.21. The van der Waals surface area contributed by atoms with Gasteiger partial charge < -0.3 is 10.0 Å². The molecule has 1 aliphatic rings. The lowest BCUT2D eigenvalue weighted by Crippen LogP contribution is -2.40. The fourth-order valence-electron chi connectivity index (χ4n) is 1.64. The Bertz CT molecular complexity index is 215. The molecule has 0 saturated carbocycles. The van der Waals surface area contributed by atoms with Gasteiger partial charge in [-0.1, -0.05) is 20.8 Å². The monoisotopic (exact) mass is 233 g/mol. The molecule has 90 valence electrons. The standard InChI is InChI=1S/C11H23NO2S/c1-11(2,3)10(13)4-5-12-6-8-15(14)9-7-12/h10,13H,4-9H2,1-3H3. The molecule has 1 fully saturated rings. The van der Waals surface area contributed by atoms with E-state index in [1.54, 1.807) is 0 Å². The summed E-state index contributed by atoms with van der Waals surface area (Å²) in [5, 5.41) is 9.88. The summed E-state index contributed by atoms with van der Waals surface area (Å²) in [6, 6.07) is 0. The van der Waals surface area contributed by atoms with E-state index in [0.29, 0.717) is 0 Å². The molecule has 1 atom stereocenters. The topological polar surface area (TPSA) is 40.5 Å². The quantitative estimate of drug-likeness (QED) is 0.785. The Morgan fingerprint density at radius 1 is 1.33 bits per heavy atom. The zero-order valence-electron chi connectivity index (χ0n) is 10.0. The van der Waals surface area contributed by atoms with Gasteiger partial charge in [0.05, 0.1) is 6.10 Å². The summed E-state index contributed by atoms with van der Waals surface area (Å²) in [7, 11) is -0.596. The molecule has 0 radical (unpaired) electrons. The average Bonchev–Trinajstić information content (AvgIpc) is 2.15. The highest BCUT2D eigenvalue weighted by Gasteiger charge is 2.23. The summed E-state index contributed by atoms with van der Waals surface area (Å²) >= 11 is 0. The molecule has 4 heteroatoms. The van der Waals surface area contributed by atoms with Gasteiger partial charge in [0.15, 0.2) is 0 Å². The van der Waals surface area contributed by atoms with E-state index in [4.69, 9.17) is 0 Å². The third kappa shape index (κ3) is 4.62. The van der Waals surface area contributed by atoms with E-state index in [1.807, 2.05) is 0 Å². The molecular formula is C11H23NO2S. The van der Waals surface area contributed by atoms with Crippen molar-refractivity contribution >= 4 is 10.8 Å². The van der Waals surface area contributed by atoms with Gasteiger partial charge in [0.25, 0.3) is 0 Å². The molecule has 1 unspecified atom stereocenters. The second-order valence-electron chi connectivity index (χ2n) is 5.36. The van der Waals surface area contributed by atoms with Crippen LogP contribution < -0.4 is 0 Å². The fraction of sp³-hybridized carbons (Fsp3) is 1.00. The van der Waals surface area contributed by atoms with Crippen molar-refractivity contribution in [3.8, 4) is 0 Å². The maximum atomic E-state index is 11.1. The van der Waals surface area contributed by atoms with Crippen LogP contribution in [-0.2, 0) is 10.8 Å². The van der Waals surface area contributed by atoms with Crippen LogP contribution in [0.3, 0.4) is 0 Å². The Labute approximate surface area is 95.3 Å². The minimum Gasteiger partial charge on any atom is -0.393 e. The Morgan fingerprint density at radius 3 is 2.33 bits per heavy atom. The summed E-state index contributed by atoms with van der Waals surface area (Å²) in [6.07, 6.45) is 0.570. The van der Waals surface area contributed by atoms with Gasteiger partial charge in [0, 0.05) is 41.9 Å². The molecule has 0 spiro atoms. The molecule has 1 heterocycles. The lowest BCUT2D eigenvalue weighted by atomic mass is 9.87. The summed E-state index contributed by atoms with van der Waals surface area (Å²) in [5.74, 6) is 1.59. The number of aliphatic hydroxyl groups excluding tert-OH is 1. The van der Waals surface area contributed by atoms with Crippen LogP contribution in [0, 0.1) is 5.41 Å². The summed E-state index contributed by atoms with van der Waals surface area (Å²) < 4.78 is 11.1. The van der Waals surface area contributed by atoms with Gasteiger partial charge in [-0.2, -0.15) is 0 Å². The SMILES string of the molecule is CC(C)(C)C(O)CCN1CCS(=O)CC1. The minimum absolute atomic E-state index is 0.0292. The van der Waals surface area contributed by atoms with Crippen molar-refractivity contribution in [2.75, 3.05) is 31.1 Å². The van der Waals surface area contributed by atoms with Gasteiger partial charge >= 0.3 is 0 Å². The number of nitrogens with zero attached hydrogens (tertiary/aromatic N) is 1. The Kier molecular flexibility index (Phi) is 4.74. The maximum absolute atomic E-state index is 11.1. The number of rotatable bonds is 3. The second-order valence-corrected chi connectivity index (χ2v) is 7.06. The van der Waals surface area contributed by atoms with E-state index in [0.717, 1.165) is 37.6 Å². The van der Waals surface area contributed by atoms with Crippen LogP contribution in [0.1, 0.15) is 27.2 Å². The van der Waals surface area contributed by atoms with Crippen molar-refractivity contribution in [3.05, 3.63) is 0 Å². The Balaban J connectivity index is 2.23. The van der Waals surface area contributed by atoms with E-state index in [2.05, 4.69) is 25.7 Å². The van der Waals surface area contributed by atoms with Crippen LogP contribution in [0.25, 0.3) is 0 Å². The number of hydrogen-bond donors (Lipinski definition) is 1. The van der Waals surface area contributed by atoms with Crippen molar-refractivity contribution in [2.45, 2.75) is 33.3 Å². The Morgan fingerprint density at radius 2 is 1.87 bits per heavy atom. The predicted molar refractivity (Wildman–Crippen MR) is 64.4 cm³/mol. The molecule has 0 aromatic carbocycles. The van der Waals surface area contributed by atoms with Crippen LogP contribution in [0.5, 0.6) is 0 Å². The van der Waals surface area contributed by atoms with Crippen molar-refractivity contribution in [1.29, 1.82) is 0 Å². The lowest BCUT2D eigenvalue weighted by Gasteiger charge is -2.30. The molecule has 15 heavy (non-hydrogen) atoms. The largest absolute Gasteiger partial charge is 0.393 e. The van der Waals surface area contributed by atoms with Crippen molar-refractivity contribution in [3.63, 3.8) is 0 Å². The van der Waals surface area contributed by atoms with E-state index < -0.39 is 10.8 Å². The van der Waals surface area contributed by atoms with Crippen molar-refractivity contribution < 1.29 is 9.32 Å². The molecule has 0 aliphatic carbocycles. The molecule has 0 amide bonds. The summed E-state index contributed by atoms with van der Waals surface area (Å²) in [6.45, 7) is 8.94. The second kappa shape index (κ2) is 5.41. The molecule has 0 bridgehead atoms. The van der Waals surface area contributed by atoms with Crippen molar-refractivity contribution in [2.24, 2.45) is 5.41 Å². The van der Waals surface area contributed by atoms with Crippen LogP contribution in [0.2, 0.25) is 0 Å². The number of hydrogen-bond acceptors (Lipinski definition) is 3. The van der Waals surface area contributed by atoms with Crippen LogP contribution in [0.4, 0.5) is 0 Å². The summed E-state index contributed by atoms with van der Waals surface area (Å²) in [5.41, 5.74) is -0.0292. The van der Waals surface area contributed by atoms with Gasteiger partial charge in [0.1, 0.15) is 0 Å². The molecule has 1 N–H and O–H groups in total. The molecular weight excluding hydrogens is 210 g/mol. The van der Waals surface area contributed by atoms with Crippen LogP contribution in [0.15, 0.2) is 0 Å². The third-order valence-electron chi connectivity index (χ3n) is 2.99. The summed E-state index contributed by atoms with van der Waals surface area (Å²) in [4.78, 5) is 2.30. The van der Waals surface area contributed by atoms with E-state index in [9.17, 15) is 9.32 Å². The van der Waals surface area contributed by atoms with Crippen LogP contribution >= 0.6 is 0 Å². The molecule has 3 nitrogen and oxygen atoms in total. The molecule has 1 saturated heterocycles. The van der Waals surface area contributed by atoms with Gasteiger partial charge in [-0.05, 0) is 11.8 Å². The normalized spacial score (nSPS) is 22.9. The fourth-order valence-corrected chi connectivity index (χ4v) is 2.76. The van der Waals surface area contributed by atoms with Gasteiger partial charge in [0.2, 0.25) is 0 Å². The molecule has 0 aromatic rings. The molecule has 0 aromatic heterocycles. The maximum Gasteiger partial charge on any atom is 0.0600 e. The van der Waals surface area contributed by atoms with E-state index in [-0.39, 0.29) is 11.5 Å². The van der Waals surface area contributed by atoms with E-state index in [1.165, 1.54) is 0 Å². The smallest absolute Gasteiger partial charge is 0.0600 e. The Hall–Kier alpha value is 0.0700. The highest BCUT2D eigenvalue weighted by molar-refractivity contribution is 7.85. The first-order chi connectivity index (χ1) is 6.89. The average molecular weight is 233 g/mol. The van der Waals surface area contributed by atoms with Gasteiger partial charge in [-0.25, -0.2) is 0 Å². The zero-order chi connectivity index (χ0) is 11.5. The zero-order valence-corrected chi connectivity index (χ0v) is 10.8. The van der Waals surface area contributed by atoms with Crippen LogP contribution in [-0.4, -0.2) is 51.5 Å². The molecule has 1 aliphatic heterocycles. The molecule has 1 rings (SSSR count). The third-order valence-corrected chi connectivity index (χ3v) is 4.26.